The van der Waals surface area contributed by atoms with Crippen LogP contribution in [-0.2, 0) is 32.7 Å². The minimum absolute atomic E-state index is 0. The van der Waals surface area contributed by atoms with Gasteiger partial charge in [-0.05, 0) is 12.8 Å². The average Bonchev–Trinajstić information content (AvgIpc) is 1.88. The molecule has 0 fully saturated rings. The summed E-state index contributed by atoms with van der Waals surface area (Å²) in [6.45, 7) is 4.50. The molecule has 0 aromatic heterocycles. The molecule has 0 saturated carbocycles. The minimum atomic E-state index is 0. The Morgan fingerprint density at radius 2 is 1.00 bits per heavy atom. The molecule has 0 aliphatic heterocycles. The second-order valence-electron chi connectivity index (χ2n) is 1.45. The van der Waals surface area contributed by atoms with Crippen LogP contribution in [0.2, 0.25) is 0 Å². The van der Waals surface area contributed by atoms with E-state index in [1.54, 1.807) is 0 Å². The third kappa shape index (κ3) is 48.7. The number of aliphatic hydroxyl groups is 2. The first-order valence-electron chi connectivity index (χ1n) is 3.05. The van der Waals surface area contributed by atoms with Crippen molar-refractivity contribution in [3.63, 3.8) is 0 Å². The summed E-state index contributed by atoms with van der Waals surface area (Å²) < 4.78 is 0. The van der Waals surface area contributed by atoms with Gasteiger partial charge in [0.15, 0.2) is 0 Å². The zero-order valence-corrected chi connectivity index (χ0v) is 9.14. The molecule has 55 valence electrons. The Morgan fingerprint density at radius 1 is 0.889 bits per heavy atom. The van der Waals surface area contributed by atoms with Crippen molar-refractivity contribution in [1.82, 2.24) is 0 Å². The fraction of sp³-hybridized carbons (Fsp3) is 1.00. The number of aliphatic hydroxyl groups excluding tert-OH is 2. The maximum absolute atomic E-state index is 7.88. The molecule has 0 aromatic carbocycles. The third-order valence-electron chi connectivity index (χ3n) is 0.447. The molecule has 0 bridgehead atoms. The number of rotatable bonds is 2. The van der Waals surface area contributed by atoms with Gasteiger partial charge in [-0.3, -0.25) is 0 Å². The van der Waals surface area contributed by atoms with E-state index in [2.05, 4.69) is 0 Å². The molecule has 0 aliphatic rings. The average molecular weight is 209 g/mol. The van der Waals surface area contributed by atoms with E-state index in [-0.39, 0.29) is 32.7 Å². The van der Waals surface area contributed by atoms with Crippen LogP contribution in [0.5, 0.6) is 0 Å². The first-order valence-corrected chi connectivity index (χ1v) is 3.05. The van der Waals surface area contributed by atoms with Crippen molar-refractivity contribution in [2.75, 3.05) is 13.2 Å². The molecule has 2 N–H and O–H groups in total. The van der Waals surface area contributed by atoms with Crippen LogP contribution in [0.25, 0.3) is 0 Å². The van der Waals surface area contributed by atoms with Crippen LogP contribution < -0.4 is 0 Å². The fourth-order valence-corrected chi connectivity index (χ4v) is 0. The van der Waals surface area contributed by atoms with Gasteiger partial charge in [-0.25, -0.2) is 0 Å². The van der Waals surface area contributed by atoms with Crippen molar-refractivity contribution in [3.8, 4) is 0 Å². The van der Waals surface area contributed by atoms with Crippen LogP contribution in [0.15, 0.2) is 0 Å². The largest absolute Gasteiger partial charge is 0.396 e. The number of hydrogen-bond donors (Lipinski definition) is 2. The van der Waals surface area contributed by atoms with E-state index >= 15 is 0 Å². The van der Waals surface area contributed by atoms with Gasteiger partial charge in [0.1, 0.15) is 0 Å². The van der Waals surface area contributed by atoms with E-state index in [4.69, 9.17) is 10.2 Å². The Morgan fingerprint density at radius 3 is 1.00 bits per heavy atom. The van der Waals surface area contributed by atoms with Crippen LogP contribution in [0.3, 0.4) is 0 Å². The van der Waals surface area contributed by atoms with Gasteiger partial charge in [-0.1, -0.05) is 13.8 Å². The van der Waals surface area contributed by atoms with Crippen LogP contribution in [-0.4, -0.2) is 23.4 Å². The summed E-state index contributed by atoms with van der Waals surface area (Å²) in [5.41, 5.74) is 0. The van der Waals surface area contributed by atoms with E-state index in [1.807, 2.05) is 13.8 Å². The van der Waals surface area contributed by atoms with E-state index < -0.39 is 0 Å². The molecular weight excluding hydrogens is 193 g/mol. The summed E-state index contributed by atoms with van der Waals surface area (Å²) in [5, 5.41) is 15.8. The molecule has 0 aliphatic carbocycles. The summed E-state index contributed by atoms with van der Waals surface area (Å²) >= 11 is 0. The van der Waals surface area contributed by atoms with Gasteiger partial charge < -0.3 is 10.2 Å². The Labute approximate surface area is 82.5 Å². The first-order chi connectivity index (χ1) is 3.83. The Bertz CT molecular complexity index is 19.0. The van der Waals surface area contributed by atoms with Crippen molar-refractivity contribution >= 4 is 0 Å². The van der Waals surface area contributed by atoms with Crippen molar-refractivity contribution in [3.05, 3.63) is 0 Å². The van der Waals surface area contributed by atoms with E-state index in [1.165, 1.54) is 0 Å². The van der Waals surface area contributed by atoms with Gasteiger partial charge in [-0.15, -0.1) is 0 Å². The molecule has 1 radical (unpaired) electrons. The van der Waals surface area contributed by atoms with Crippen molar-refractivity contribution < 1.29 is 42.9 Å². The summed E-state index contributed by atoms with van der Waals surface area (Å²) in [6, 6.07) is 0. The van der Waals surface area contributed by atoms with Crippen LogP contribution in [0.4, 0.5) is 0 Å². The standard InChI is InChI=1S/2C3H8O.Y/c2*1-2-3-4;/h2*4H,2-3H2,1H3;. The molecule has 0 saturated heterocycles. The summed E-state index contributed by atoms with van der Waals surface area (Å²) in [4.78, 5) is 0. The first kappa shape index (κ1) is 16.5. The van der Waals surface area contributed by atoms with E-state index in [0.717, 1.165) is 12.8 Å². The molecule has 0 unspecified atom stereocenters. The molecule has 0 heterocycles. The van der Waals surface area contributed by atoms with Gasteiger partial charge in [0, 0.05) is 45.9 Å². The van der Waals surface area contributed by atoms with Crippen molar-refractivity contribution in [1.29, 1.82) is 0 Å². The molecule has 9 heavy (non-hydrogen) atoms. The van der Waals surface area contributed by atoms with Crippen LogP contribution in [0, 0.1) is 0 Å². The van der Waals surface area contributed by atoms with Gasteiger partial charge in [0.25, 0.3) is 0 Å². The summed E-state index contributed by atoms with van der Waals surface area (Å²) in [6.07, 6.45) is 1.75. The van der Waals surface area contributed by atoms with E-state index in [9.17, 15) is 0 Å². The summed E-state index contributed by atoms with van der Waals surface area (Å²) in [7, 11) is 0. The number of hydrogen-bond acceptors (Lipinski definition) is 2. The maximum atomic E-state index is 7.88. The van der Waals surface area contributed by atoms with Gasteiger partial charge in [0.05, 0.1) is 0 Å². The molecule has 0 aromatic rings. The third-order valence-corrected chi connectivity index (χ3v) is 0.447. The Kier molecular flexibility index (Phi) is 42.3. The second-order valence-corrected chi connectivity index (χ2v) is 1.45. The quantitative estimate of drug-likeness (QED) is 0.705. The maximum Gasteiger partial charge on any atom is 0.0428 e. The normalized spacial score (nSPS) is 6.67. The van der Waals surface area contributed by atoms with Gasteiger partial charge in [-0.2, -0.15) is 0 Å². The van der Waals surface area contributed by atoms with Gasteiger partial charge >= 0.3 is 0 Å². The molecule has 0 atom stereocenters. The predicted molar refractivity (Wildman–Crippen MR) is 34.8 cm³/mol. The van der Waals surface area contributed by atoms with Crippen LogP contribution in [0.1, 0.15) is 26.7 Å². The fourth-order valence-electron chi connectivity index (χ4n) is 0. The molecule has 0 rings (SSSR count). The second kappa shape index (κ2) is 23.0. The Balaban J connectivity index is -0.0000000720. The molecule has 0 spiro atoms. The topological polar surface area (TPSA) is 40.5 Å². The van der Waals surface area contributed by atoms with E-state index in [0.29, 0.717) is 13.2 Å². The smallest absolute Gasteiger partial charge is 0.0428 e. The minimum Gasteiger partial charge on any atom is -0.396 e. The molecule has 2 nitrogen and oxygen atoms in total. The zero-order valence-electron chi connectivity index (χ0n) is 6.30. The SMILES string of the molecule is CCCO.CCCO.[Y]. The van der Waals surface area contributed by atoms with Gasteiger partial charge in [0.2, 0.25) is 0 Å². The summed E-state index contributed by atoms with van der Waals surface area (Å²) in [5.74, 6) is 0. The Hall–Kier alpha value is 1.02. The molecular formula is C6H16O2Y. The molecule has 3 heteroatoms. The zero-order chi connectivity index (χ0) is 6.83. The molecule has 0 amide bonds. The monoisotopic (exact) mass is 209 g/mol. The van der Waals surface area contributed by atoms with Crippen molar-refractivity contribution in [2.45, 2.75) is 26.7 Å². The van der Waals surface area contributed by atoms with Crippen molar-refractivity contribution in [2.24, 2.45) is 0 Å². The predicted octanol–water partition coefficient (Wildman–Crippen LogP) is 0.775. The van der Waals surface area contributed by atoms with Crippen LogP contribution >= 0.6 is 0 Å².